The summed E-state index contributed by atoms with van der Waals surface area (Å²) in [5, 5.41) is 9.61. The van der Waals surface area contributed by atoms with E-state index in [0.29, 0.717) is 19.8 Å². The van der Waals surface area contributed by atoms with E-state index in [0.717, 1.165) is 0 Å². The number of aliphatic hydroxyl groups is 1. The van der Waals surface area contributed by atoms with Crippen LogP contribution in [0.15, 0.2) is 0 Å². The van der Waals surface area contributed by atoms with Crippen LogP contribution in [0.1, 0.15) is 13.8 Å². The Morgan fingerprint density at radius 2 is 2.08 bits per heavy atom. The smallest absolute Gasteiger partial charge is 0.115 e. The molecule has 3 atom stereocenters. The van der Waals surface area contributed by atoms with Gasteiger partial charge in [0, 0.05) is 0 Å². The second-order valence-corrected chi connectivity index (χ2v) is 4.30. The Kier molecular flexibility index (Phi) is 2.32. The monoisotopic (exact) mass is 188 g/mol. The zero-order valence-electron chi connectivity index (χ0n) is 8.03. The van der Waals surface area contributed by atoms with Gasteiger partial charge in [-0.1, -0.05) is 0 Å². The highest BCUT2D eigenvalue weighted by molar-refractivity contribution is 4.89. The highest BCUT2D eigenvalue weighted by atomic mass is 16.6. The van der Waals surface area contributed by atoms with Crippen molar-refractivity contribution in [2.45, 2.75) is 37.8 Å². The van der Waals surface area contributed by atoms with Crippen LogP contribution in [-0.2, 0) is 14.2 Å². The van der Waals surface area contributed by atoms with E-state index in [1.54, 1.807) is 0 Å². The van der Waals surface area contributed by atoms with Crippen molar-refractivity contribution < 1.29 is 19.3 Å². The average Bonchev–Trinajstić information content (AvgIpc) is 2.06. The van der Waals surface area contributed by atoms with Crippen LogP contribution in [0.3, 0.4) is 0 Å². The van der Waals surface area contributed by atoms with Crippen LogP contribution < -0.4 is 0 Å². The Morgan fingerprint density at radius 3 is 2.85 bits per heavy atom. The first kappa shape index (κ1) is 9.40. The van der Waals surface area contributed by atoms with E-state index in [1.165, 1.54) is 0 Å². The van der Waals surface area contributed by atoms with Crippen LogP contribution in [0.4, 0.5) is 0 Å². The number of hydrogen-bond acceptors (Lipinski definition) is 4. The van der Waals surface area contributed by atoms with E-state index >= 15 is 0 Å². The molecule has 1 N–H and O–H groups in total. The van der Waals surface area contributed by atoms with Crippen molar-refractivity contribution in [1.29, 1.82) is 0 Å². The summed E-state index contributed by atoms with van der Waals surface area (Å²) in [5.74, 6) is 0. The quantitative estimate of drug-likeness (QED) is 0.578. The van der Waals surface area contributed by atoms with Crippen LogP contribution in [-0.4, -0.2) is 48.8 Å². The molecule has 2 fully saturated rings. The van der Waals surface area contributed by atoms with Gasteiger partial charge in [-0.3, -0.25) is 0 Å². The van der Waals surface area contributed by atoms with Gasteiger partial charge < -0.3 is 19.3 Å². The Labute approximate surface area is 77.8 Å². The minimum atomic E-state index is -0.557. The summed E-state index contributed by atoms with van der Waals surface area (Å²) in [6.45, 7) is 5.36. The Morgan fingerprint density at radius 1 is 1.31 bits per heavy atom. The summed E-state index contributed by atoms with van der Waals surface area (Å²) in [6.07, 6.45) is -0.882. The zero-order chi connectivity index (χ0) is 9.47. The lowest BCUT2D eigenvalue weighted by Gasteiger charge is -2.45. The van der Waals surface area contributed by atoms with Gasteiger partial charge >= 0.3 is 0 Å². The number of aliphatic hydroxyl groups excluding tert-OH is 1. The molecule has 2 saturated heterocycles. The van der Waals surface area contributed by atoms with Gasteiger partial charge in [-0.2, -0.15) is 0 Å². The minimum absolute atomic E-state index is 0.100. The van der Waals surface area contributed by atoms with E-state index in [2.05, 4.69) is 0 Å². The van der Waals surface area contributed by atoms with Crippen LogP contribution in [0.2, 0.25) is 0 Å². The maximum absolute atomic E-state index is 9.61. The lowest BCUT2D eigenvalue weighted by Crippen LogP contribution is -2.58. The SMILES string of the molecule is CC1(C)COC2COCC(O)C2O1. The third-order valence-electron chi connectivity index (χ3n) is 2.42. The molecule has 13 heavy (non-hydrogen) atoms. The highest BCUT2D eigenvalue weighted by Gasteiger charge is 2.42. The summed E-state index contributed by atoms with van der Waals surface area (Å²) < 4.78 is 16.5. The van der Waals surface area contributed by atoms with Crippen molar-refractivity contribution in [3.63, 3.8) is 0 Å². The molecule has 76 valence electrons. The first-order valence-electron chi connectivity index (χ1n) is 4.64. The van der Waals surface area contributed by atoms with Gasteiger partial charge in [0.15, 0.2) is 0 Å². The molecular weight excluding hydrogens is 172 g/mol. The van der Waals surface area contributed by atoms with Crippen LogP contribution in [0.25, 0.3) is 0 Å². The normalized spacial score (nSPS) is 44.1. The summed E-state index contributed by atoms with van der Waals surface area (Å²) >= 11 is 0. The van der Waals surface area contributed by atoms with Gasteiger partial charge in [-0.15, -0.1) is 0 Å². The molecule has 2 heterocycles. The lowest BCUT2D eigenvalue weighted by atomic mass is 10.0. The molecular formula is C9H16O4. The molecule has 2 aliphatic rings. The maximum atomic E-state index is 9.61. The standard InChI is InChI=1S/C9H16O4/c1-9(2)5-12-7-4-11-3-6(10)8(7)13-9/h6-8,10H,3-5H2,1-2H3. The lowest BCUT2D eigenvalue weighted by molar-refractivity contribution is -0.276. The predicted molar refractivity (Wildman–Crippen MR) is 45.5 cm³/mol. The fourth-order valence-electron chi connectivity index (χ4n) is 1.75. The van der Waals surface area contributed by atoms with Crippen molar-refractivity contribution in [1.82, 2.24) is 0 Å². The second-order valence-electron chi connectivity index (χ2n) is 4.30. The van der Waals surface area contributed by atoms with Crippen molar-refractivity contribution in [2.75, 3.05) is 19.8 Å². The Balaban J connectivity index is 2.05. The topological polar surface area (TPSA) is 47.9 Å². The van der Waals surface area contributed by atoms with Gasteiger partial charge in [0.2, 0.25) is 0 Å². The van der Waals surface area contributed by atoms with E-state index in [9.17, 15) is 5.11 Å². The van der Waals surface area contributed by atoms with Gasteiger partial charge in [0.1, 0.15) is 18.3 Å². The van der Waals surface area contributed by atoms with Crippen LogP contribution in [0.5, 0.6) is 0 Å². The van der Waals surface area contributed by atoms with E-state index < -0.39 is 6.10 Å². The molecule has 0 aromatic carbocycles. The number of rotatable bonds is 0. The molecule has 0 aliphatic carbocycles. The summed E-state index contributed by atoms with van der Waals surface area (Å²) in [5.41, 5.74) is -0.292. The molecule has 0 spiro atoms. The van der Waals surface area contributed by atoms with E-state index in [1.807, 2.05) is 13.8 Å². The van der Waals surface area contributed by atoms with Gasteiger partial charge in [-0.25, -0.2) is 0 Å². The van der Waals surface area contributed by atoms with Gasteiger partial charge in [0.05, 0.1) is 25.4 Å². The molecule has 0 amide bonds. The molecule has 0 bridgehead atoms. The Bertz CT molecular complexity index is 192. The predicted octanol–water partition coefficient (Wildman–Crippen LogP) is -0.0599. The number of ether oxygens (including phenoxy) is 3. The minimum Gasteiger partial charge on any atom is -0.388 e. The van der Waals surface area contributed by atoms with Crippen molar-refractivity contribution in [3.8, 4) is 0 Å². The summed E-state index contributed by atoms with van der Waals surface area (Å²) in [4.78, 5) is 0. The molecule has 4 nitrogen and oxygen atoms in total. The van der Waals surface area contributed by atoms with Crippen LogP contribution >= 0.6 is 0 Å². The third-order valence-corrected chi connectivity index (χ3v) is 2.42. The average molecular weight is 188 g/mol. The first-order chi connectivity index (χ1) is 6.08. The fraction of sp³-hybridized carbons (Fsp3) is 1.00. The summed E-state index contributed by atoms with van der Waals surface area (Å²) in [7, 11) is 0. The van der Waals surface area contributed by atoms with E-state index in [4.69, 9.17) is 14.2 Å². The zero-order valence-corrected chi connectivity index (χ0v) is 8.03. The number of hydrogen-bond donors (Lipinski definition) is 1. The fourth-order valence-corrected chi connectivity index (χ4v) is 1.75. The van der Waals surface area contributed by atoms with E-state index in [-0.39, 0.29) is 17.8 Å². The summed E-state index contributed by atoms with van der Waals surface area (Å²) in [6, 6.07) is 0. The molecule has 3 unspecified atom stereocenters. The molecule has 0 aromatic heterocycles. The van der Waals surface area contributed by atoms with Crippen LogP contribution in [0, 0.1) is 0 Å². The largest absolute Gasteiger partial charge is 0.388 e. The molecule has 2 rings (SSSR count). The number of fused-ring (bicyclic) bond motifs is 1. The third kappa shape index (κ3) is 1.86. The van der Waals surface area contributed by atoms with Gasteiger partial charge in [-0.05, 0) is 13.8 Å². The molecule has 4 heteroatoms. The molecule has 2 aliphatic heterocycles. The molecule has 0 saturated carbocycles. The van der Waals surface area contributed by atoms with Crippen molar-refractivity contribution in [2.24, 2.45) is 0 Å². The Hall–Kier alpha value is -0.160. The van der Waals surface area contributed by atoms with Gasteiger partial charge in [0.25, 0.3) is 0 Å². The first-order valence-corrected chi connectivity index (χ1v) is 4.64. The molecule has 0 radical (unpaired) electrons. The second kappa shape index (κ2) is 3.20. The van der Waals surface area contributed by atoms with Crippen molar-refractivity contribution in [3.05, 3.63) is 0 Å². The maximum Gasteiger partial charge on any atom is 0.115 e. The van der Waals surface area contributed by atoms with Crippen molar-refractivity contribution >= 4 is 0 Å². The molecule has 0 aromatic rings. The highest BCUT2D eigenvalue weighted by Crippen LogP contribution is 2.27.